The smallest absolute Gasteiger partial charge is 0.306 e. The van der Waals surface area contributed by atoms with E-state index in [9.17, 15) is 15.0 Å². The first-order chi connectivity index (χ1) is 12.0. The number of aliphatic hydroxyl groups is 1. The Kier molecular flexibility index (Phi) is 5.03. The standard InChI is InChI=1S/C18H22N2O5/c1-10-14(9-21)17(25-20-10)15-6-7-16(11(2)19-15)24-13-5-3-4-12(8-13)18(22)23/h6-7,12-13,21H,3-5,8-9H2,1-2H3,(H,22,23). The van der Waals surface area contributed by atoms with E-state index in [0.29, 0.717) is 47.0 Å². The fourth-order valence-electron chi connectivity index (χ4n) is 3.23. The van der Waals surface area contributed by atoms with Gasteiger partial charge in [0.05, 0.1) is 30.0 Å². The number of hydrogen-bond donors (Lipinski definition) is 2. The highest BCUT2D eigenvalue weighted by Crippen LogP contribution is 2.31. The molecule has 1 fully saturated rings. The average Bonchev–Trinajstić information content (AvgIpc) is 2.97. The first-order valence-electron chi connectivity index (χ1n) is 8.43. The number of carboxylic acid groups (broad SMARTS) is 1. The summed E-state index contributed by atoms with van der Waals surface area (Å²) in [5, 5.41) is 22.5. The highest BCUT2D eigenvalue weighted by molar-refractivity contribution is 5.70. The lowest BCUT2D eigenvalue weighted by Gasteiger charge is -2.27. The predicted molar refractivity (Wildman–Crippen MR) is 89.1 cm³/mol. The van der Waals surface area contributed by atoms with Crippen molar-refractivity contribution in [2.45, 2.75) is 52.2 Å². The molecule has 3 rings (SSSR count). The molecule has 134 valence electrons. The van der Waals surface area contributed by atoms with Crippen LogP contribution in [0.25, 0.3) is 11.5 Å². The summed E-state index contributed by atoms with van der Waals surface area (Å²) in [6.07, 6.45) is 2.82. The number of rotatable bonds is 5. The van der Waals surface area contributed by atoms with E-state index in [1.54, 1.807) is 19.1 Å². The molecule has 7 heteroatoms. The quantitative estimate of drug-likeness (QED) is 0.857. The second-order valence-corrected chi connectivity index (χ2v) is 6.46. The molecular formula is C18H22N2O5. The Bertz CT molecular complexity index is 771. The number of pyridine rings is 1. The van der Waals surface area contributed by atoms with Crippen LogP contribution in [0, 0.1) is 19.8 Å². The van der Waals surface area contributed by atoms with Crippen LogP contribution in [0.2, 0.25) is 0 Å². The van der Waals surface area contributed by atoms with E-state index in [4.69, 9.17) is 9.26 Å². The van der Waals surface area contributed by atoms with Gasteiger partial charge in [-0.25, -0.2) is 4.98 Å². The molecule has 2 aromatic rings. The molecule has 0 aromatic carbocycles. The zero-order valence-corrected chi connectivity index (χ0v) is 14.4. The van der Waals surface area contributed by atoms with Crippen molar-refractivity contribution < 1.29 is 24.3 Å². The second kappa shape index (κ2) is 7.23. The van der Waals surface area contributed by atoms with Gasteiger partial charge in [0, 0.05) is 5.56 Å². The normalized spacial score (nSPS) is 20.4. The Hall–Kier alpha value is -2.41. The fraction of sp³-hybridized carbons (Fsp3) is 0.500. The number of aliphatic hydroxyl groups excluding tert-OH is 1. The lowest BCUT2D eigenvalue weighted by atomic mass is 9.87. The van der Waals surface area contributed by atoms with Crippen LogP contribution < -0.4 is 4.74 Å². The number of hydrogen-bond acceptors (Lipinski definition) is 6. The van der Waals surface area contributed by atoms with Gasteiger partial charge in [-0.05, 0) is 51.7 Å². The summed E-state index contributed by atoms with van der Waals surface area (Å²) < 4.78 is 11.3. The Labute approximate surface area is 145 Å². The molecule has 2 N–H and O–H groups in total. The minimum atomic E-state index is -0.754. The molecule has 2 aromatic heterocycles. The zero-order valence-electron chi connectivity index (χ0n) is 14.4. The van der Waals surface area contributed by atoms with Crippen molar-refractivity contribution >= 4 is 5.97 Å². The lowest BCUT2D eigenvalue weighted by molar-refractivity contribution is -0.143. The van der Waals surface area contributed by atoms with Crippen LogP contribution in [-0.4, -0.2) is 32.4 Å². The lowest BCUT2D eigenvalue weighted by Crippen LogP contribution is -2.29. The van der Waals surface area contributed by atoms with Crippen LogP contribution in [0.4, 0.5) is 0 Å². The average molecular weight is 346 g/mol. The molecule has 7 nitrogen and oxygen atoms in total. The summed E-state index contributed by atoms with van der Waals surface area (Å²) in [5.74, 6) is 0.00567. The molecule has 0 bridgehead atoms. The van der Waals surface area contributed by atoms with Gasteiger partial charge in [-0.1, -0.05) is 5.16 Å². The van der Waals surface area contributed by atoms with Crippen molar-refractivity contribution in [2.75, 3.05) is 0 Å². The molecule has 0 aliphatic heterocycles. The molecule has 0 spiro atoms. The highest BCUT2D eigenvalue weighted by atomic mass is 16.5. The topological polar surface area (TPSA) is 106 Å². The Morgan fingerprint density at radius 1 is 1.32 bits per heavy atom. The molecule has 1 aliphatic rings. The van der Waals surface area contributed by atoms with Crippen molar-refractivity contribution in [3.63, 3.8) is 0 Å². The minimum Gasteiger partial charge on any atom is -0.489 e. The number of aliphatic carboxylic acids is 1. The monoisotopic (exact) mass is 346 g/mol. The molecule has 1 aliphatic carbocycles. The minimum absolute atomic E-state index is 0.110. The van der Waals surface area contributed by atoms with Crippen LogP contribution in [0.5, 0.6) is 5.75 Å². The van der Waals surface area contributed by atoms with Gasteiger partial charge in [-0.2, -0.15) is 0 Å². The van der Waals surface area contributed by atoms with Crippen molar-refractivity contribution in [1.82, 2.24) is 10.1 Å². The molecule has 1 saturated carbocycles. The van der Waals surface area contributed by atoms with Gasteiger partial charge in [0.15, 0.2) is 5.76 Å². The van der Waals surface area contributed by atoms with Crippen molar-refractivity contribution in [1.29, 1.82) is 0 Å². The van der Waals surface area contributed by atoms with Gasteiger partial charge in [0.25, 0.3) is 0 Å². The Morgan fingerprint density at radius 2 is 2.12 bits per heavy atom. The summed E-state index contributed by atoms with van der Waals surface area (Å²) >= 11 is 0. The number of ether oxygens (including phenoxy) is 1. The summed E-state index contributed by atoms with van der Waals surface area (Å²) in [6, 6.07) is 3.57. The van der Waals surface area contributed by atoms with E-state index < -0.39 is 5.97 Å². The third-order valence-corrected chi connectivity index (χ3v) is 4.68. The van der Waals surface area contributed by atoms with E-state index in [2.05, 4.69) is 10.1 Å². The van der Waals surface area contributed by atoms with Gasteiger partial charge in [-0.15, -0.1) is 0 Å². The number of carboxylic acids is 1. The Balaban J connectivity index is 1.77. The van der Waals surface area contributed by atoms with E-state index in [0.717, 1.165) is 12.8 Å². The molecule has 0 radical (unpaired) electrons. The molecule has 0 saturated heterocycles. The molecule has 0 amide bonds. The van der Waals surface area contributed by atoms with E-state index in [1.165, 1.54) is 0 Å². The fourth-order valence-corrected chi connectivity index (χ4v) is 3.23. The van der Waals surface area contributed by atoms with Gasteiger partial charge < -0.3 is 19.5 Å². The van der Waals surface area contributed by atoms with Crippen molar-refractivity contribution in [2.24, 2.45) is 5.92 Å². The maximum absolute atomic E-state index is 11.2. The van der Waals surface area contributed by atoms with E-state index in [1.807, 2.05) is 6.92 Å². The van der Waals surface area contributed by atoms with Crippen molar-refractivity contribution in [3.8, 4) is 17.2 Å². The second-order valence-electron chi connectivity index (χ2n) is 6.46. The first-order valence-corrected chi connectivity index (χ1v) is 8.43. The third kappa shape index (κ3) is 3.66. The zero-order chi connectivity index (χ0) is 18.0. The van der Waals surface area contributed by atoms with E-state index in [-0.39, 0.29) is 18.6 Å². The van der Waals surface area contributed by atoms with Crippen LogP contribution in [0.1, 0.15) is 42.6 Å². The summed E-state index contributed by atoms with van der Waals surface area (Å²) in [5.41, 5.74) is 2.53. The molecule has 2 atom stereocenters. The SMILES string of the molecule is Cc1nc(-c2onc(C)c2CO)ccc1OC1CCCC(C(=O)O)C1. The van der Waals surface area contributed by atoms with Crippen LogP contribution in [-0.2, 0) is 11.4 Å². The largest absolute Gasteiger partial charge is 0.489 e. The summed E-state index contributed by atoms with van der Waals surface area (Å²) in [7, 11) is 0. The summed E-state index contributed by atoms with van der Waals surface area (Å²) in [6.45, 7) is 3.44. The molecular weight excluding hydrogens is 324 g/mol. The number of aromatic nitrogens is 2. The van der Waals surface area contributed by atoms with Crippen LogP contribution in [0.3, 0.4) is 0 Å². The van der Waals surface area contributed by atoms with Gasteiger partial charge in [-0.3, -0.25) is 4.79 Å². The van der Waals surface area contributed by atoms with Crippen molar-refractivity contribution in [3.05, 3.63) is 29.1 Å². The van der Waals surface area contributed by atoms with Gasteiger partial charge in [0.1, 0.15) is 11.4 Å². The summed E-state index contributed by atoms with van der Waals surface area (Å²) in [4.78, 5) is 15.7. The predicted octanol–water partition coefficient (Wildman–Crippen LogP) is 2.87. The number of carbonyl (C=O) groups is 1. The molecule has 25 heavy (non-hydrogen) atoms. The molecule has 2 unspecified atom stereocenters. The van der Waals surface area contributed by atoms with Crippen LogP contribution >= 0.6 is 0 Å². The number of aryl methyl sites for hydroxylation is 2. The Morgan fingerprint density at radius 3 is 2.80 bits per heavy atom. The van der Waals surface area contributed by atoms with Crippen LogP contribution in [0.15, 0.2) is 16.7 Å². The first kappa shape index (κ1) is 17.4. The third-order valence-electron chi connectivity index (χ3n) is 4.68. The maximum atomic E-state index is 11.2. The maximum Gasteiger partial charge on any atom is 0.306 e. The highest BCUT2D eigenvalue weighted by Gasteiger charge is 2.28. The number of nitrogens with zero attached hydrogens (tertiary/aromatic N) is 2. The van der Waals surface area contributed by atoms with Gasteiger partial charge >= 0.3 is 5.97 Å². The van der Waals surface area contributed by atoms with E-state index >= 15 is 0 Å². The van der Waals surface area contributed by atoms with Gasteiger partial charge in [0.2, 0.25) is 0 Å². The molecule has 2 heterocycles.